The van der Waals surface area contributed by atoms with Crippen molar-refractivity contribution in [3.05, 3.63) is 0 Å². The zero-order valence-corrected chi connectivity index (χ0v) is 9.18. The summed E-state index contributed by atoms with van der Waals surface area (Å²) in [6, 6.07) is 0. The van der Waals surface area contributed by atoms with Crippen molar-refractivity contribution in [3.8, 4) is 0 Å². The molecular weight excluding hydrogens is 194 g/mol. The van der Waals surface area contributed by atoms with Gasteiger partial charge in [-0.25, -0.2) is 4.18 Å². The molecule has 1 unspecified atom stereocenters. The minimum absolute atomic E-state index is 0.100. The first-order valence-electron chi connectivity index (χ1n) is 4.01. The van der Waals surface area contributed by atoms with Gasteiger partial charge >= 0.3 is 10.4 Å². The molecule has 5 nitrogen and oxygen atoms in total. The first-order chi connectivity index (χ1) is 5.60. The molecule has 80 valence electrons. The van der Waals surface area contributed by atoms with E-state index in [1.807, 2.05) is 20.8 Å². The smallest absolute Gasteiger partial charge is 0.309 e. The van der Waals surface area contributed by atoms with E-state index in [4.69, 9.17) is 4.55 Å². The van der Waals surface area contributed by atoms with Gasteiger partial charge in [-0.05, 0) is 27.7 Å². The summed E-state index contributed by atoms with van der Waals surface area (Å²) < 4.78 is 33.2. The molecule has 0 aromatic rings. The van der Waals surface area contributed by atoms with Crippen molar-refractivity contribution >= 4 is 10.4 Å². The highest BCUT2D eigenvalue weighted by Crippen LogP contribution is 2.01. The number of rotatable bonds is 4. The highest BCUT2D eigenvalue weighted by atomic mass is 32.3. The highest BCUT2D eigenvalue weighted by Gasteiger charge is 2.15. The van der Waals surface area contributed by atoms with Crippen LogP contribution in [0.4, 0.5) is 0 Å². The van der Waals surface area contributed by atoms with E-state index in [9.17, 15) is 8.42 Å². The van der Waals surface area contributed by atoms with Crippen molar-refractivity contribution in [2.45, 2.75) is 39.3 Å². The average Bonchev–Trinajstić information content (AvgIpc) is 1.78. The van der Waals surface area contributed by atoms with Crippen molar-refractivity contribution in [3.63, 3.8) is 0 Å². The van der Waals surface area contributed by atoms with Crippen LogP contribution in [-0.2, 0) is 14.6 Å². The van der Waals surface area contributed by atoms with Crippen molar-refractivity contribution in [1.82, 2.24) is 5.32 Å². The van der Waals surface area contributed by atoms with E-state index in [0.717, 1.165) is 0 Å². The van der Waals surface area contributed by atoms with Gasteiger partial charge in [-0.1, -0.05) is 0 Å². The summed E-state index contributed by atoms with van der Waals surface area (Å²) in [5.74, 6) is 0. The topological polar surface area (TPSA) is 75.6 Å². The number of hydrogen-bond donors (Lipinski definition) is 2. The van der Waals surface area contributed by atoms with Gasteiger partial charge in [0.15, 0.2) is 0 Å². The Balaban J connectivity index is 3.84. The van der Waals surface area contributed by atoms with Crippen LogP contribution in [0.5, 0.6) is 0 Å². The quantitative estimate of drug-likeness (QED) is 0.665. The van der Waals surface area contributed by atoms with Crippen molar-refractivity contribution < 1.29 is 17.2 Å². The molecule has 0 heterocycles. The zero-order valence-electron chi connectivity index (χ0n) is 8.36. The van der Waals surface area contributed by atoms with Gasteiger partial charge < -0.3 is 5.32 Å². The summed E-state index contributed by atoms with van der Waals surface area (Å²) in [6.45, 7) is 7.78. The van der Waals surface area contributed by atoms with E-state index in [2.05, 4.69) is 9.50 Å². The van der Waals surface area contributed by atoms with E-state index in [0.29, 0.717) is 6.54 Å². The van der Waals surface area contributed by atoms with Crippen LogP contribution in [0.3, 0.4) is 0 Å². The molecule has 0 aromatic carbocycles. The van der Waals surface area contributed by atoms with Crippen LogP contribution in [0.1, 0.15) is 27.7 Å². The summed E-state index contributed by atoms with van der Waals surface area (Å²) in [6.07, 6.45) is -0.575. The molecule has 0 aliphatic heterocycles. The lowest BCUT2D eigenvalue weighted by molar-refractivity contribution is 0.184. The Labute approximate surface area is 79.4 Å². The minimum atomic E-state index is -4.33. The van der Waals surface area contributed by atoms with Crippen molar-refractivity contribution in [1.29, 1.82) is 0 Å². The predicted molar refractivity (Wildman–Crippen MR) is 49.9 cm³/mol. The third kappa shape index (κ3) is 9.75. The van der Waals surface area contributed by atoms with E-state index in [-0.39, 0.29) is 5.54 Å². The van der Waals surface area contributed by atoms with E-state index < -0.39 is 16.5 Å². The fourth-order valence-corrected chi connectivity index (χ4v) is 1.17. The molecule has 13 heavy (non-hydrogen) atoms. The van der Waals surface area contributed by atoms with Crippen LogP contribution in [0, 0.1) is 0 Å². The molecule has 2 N–H and O–H groups in total. The van der Waals surface area contributed by atoms with Crippen LogP contribution < -0.4 is 5.32 Å². The third-order valence-corrected chi connectivity index (χ3v) is 1.78. The lowest BCUT2D eigenvalue weighted by Gasteiger charge is -2.22. The molecule has 0 radical (unpaired) electrons. The summed E-state index contributed by atoms with van der Waals surface area (Å²) >= 11 is 0. The van der Waals surface area contributed by atoms with Gasteiger partial charge in [0.2, 0.25) is 0 Å². The lowest BCUT2D eigenvalue weighted by atomic mass is 10.1. The second kappa shape index (κ2) is 4.36. The van der Waals surface area contributed by atoms with Gasteiger partial charge in [-0.15, -0.1) is 0 Å². The van der Waals surface area contributed by atoms with Crippen molar-refractivity contribution in [2.24, 2.45) is 0 Å². The van der Waals surface area contributed by atoms with Crippen LogP contribution >= 0.6 is 0 Å². The van der Waals surface area contributed by atoms with Gasteiger partial charge in [0.1, 0.15) is 0 Å². The standard InChI is InChI=1S/C7H17NO4S/c1-6(12-13(9,10)11)5-8-7(2,3)4/h6,8H,5H2,1-4H3,(H,9,10,11). The summed E-state index contributed by atoms with van der Waals surface area (Å²) in [4.78, 5) is 0. The predicted octanol–water partition coefficient (Wildman–Crippen LogP) is 0.582. The second-order valence-electron chi connectivity index (χ2n) is 3.97. The monoisotopic (exact) mass is 211 g/mol. The van der Waals surface area contributed by atoms with Gasteiger partial charge in [0.25, 0.3) is 0 Å². The fraction of sp³-hybridized carbons (Fsp3) is 1.00. The number of nitrogens with one attached hydrogen (secondary N) is 1. The van der Waals surface area contributed by atoms with Crippen LogP contribution in [0.15, 0.2) is 0 Å². The molecule has 0 spiro atoms. The van der Waals surface area contributed by atoms with Gasteiger partial charge in [-0.2, -0.15) is 8.42 Å². The van der Waals surface area contributed by atoms with Crippen LogP contribution in [0.25, 0.3) is 0 Å². The summed E-state index contributed by atoms with van der Waals surface area (Å²) in [5.41, 5.74) is -0.100. The fourth-order valence-electron chi connectivity index (χ4n) is 0.692. The molecule has 6 heteroatoms. The first-order valence-corrected chi connectivity index (χ1v) is 5.37. The van der Waals surface area contributed by atoms with Gasteiger partial charge in [-0.3, -0.25) is 4.55 Å². The first kappa shape index (κ1) is 12.8. The lowest BCUT2D eigenvalue weighted by Crippen LogP contribution is -2.41. The normalized spacial score (nSPS) is 15.8. The zero-order chi connectivity index (χ0) is 10.7. The Morgan fingerprint density at radius 1 is 1.46 bits per heavy atom. The average molecular weight is 211 g/mol. The Kier molecular flexibility index (Phi) is 4.31. The van der Waals surface area contributed by atoms with Crippen molar-refractivity contribution in [2.75, 3.05) is 6.54 Å². The van der Waals surface area contributed by atoms with E-state index >= 15 is 0 Å². The Bertz CT molecular complexity index is 242. The Morgan fingerprint density at radius 3 is 2.23 bits per heavy atom. The summed E-state index contributed by atoms with van der Waals surface area (Å²) in [5, 5.41) is 3.04. The van der Waals surface area contributed by atoms with E-state index in [1.165, 1.54) is 0 Å². The minimum Gasteiger partial charge on any atom is -0.309 e. The summed E-state index contributed by atoms with van der Waals surface area (Å²) in [7, 11) is -4.33. The largest absolute Gasteiger partial charge is 0.397 e. The van der Waals surface area contributed by atoms with Gasteiger partial charge in [0.05, 0.1) is 6.10 Å². The van der Waals surface area contributed by atoms with Crippen LogP contribution in [0.2, 0.25) is 0 Å². The molecule has 0 aliphatic carbocycles. The number of hydrogen-bond acceptors (Lipinski definition) is 4. The van der Waals surface area contributed by atoms with Crippen LogP contribution in [-0.4, -0.2) is 31.2 Å². The molecule has 0 amide bonds. The third-order valence-electron chi connectivity index (χ3n) is 1.21. The molecule has 0 saturated heterocycles. The maximum atomic E-state index is 10.3. The molecule has 0 aromatic heterocycles. The highest BCUT2D eigenvalue weighted by molar-refractivity contribution is 7.80. The second-order valence-corrected chi connectivity index (χ2v) is 5.01. The molecule has 0 fully saturated rings. The van der Waals surface area contributed by atoms with E-state index in [1.54, 1.807) is 6.92 Å². The molecule has 0 saturated carbocycles. The molecule has 0 aliphatic rings. The maximum Gasteiger partial charge on any atom is 0.397 e. The molecular formula is C7H17NO4S. The maximum absolute atomic E-state index is 10.3. The molecule has 0 rings (SSSR count). The van der Waals surface area contributed by atoms with Gasteiger partial charge in [0, 0.05) is 12.1 Å². The molecule has 0 bridgehead atoms. The Hall–Kier alpha value is -0.170. The SMILES string of the molecule is CC(CNC(C)(C)C)OS(=O)(=O)O. The Morgan fingerprint density at radius 2 is 1.92 bits per heavy atom. The molecule has 1 atom stereocenters.